The van der Waals surface area contributed by atoms with Crippen molar-refractivity contribution in [2.75, 3.05) is 6.54 Å². The molecule has 1 N–H and O–H groups in total. The number of aryl methyl sites for hydroxylation is 2. The van der Waals surface area contributed by atoms with Crippen molar-refractivity contribution in [1.82, 2.24) is 5.32 Å². The van der Waals surface area contributed by atoms with Crippen molar-refractivity contribution in [3.8, 4) is 6.07 Å². The fourth-order valence-corrected chi connectivity index (χ4v) is 1.62. The lowest BCUT2D eigenvalue weighted by molar-refractivity contribution is 0.617. The van der Waals surface area contributed by atoms with E-state index in [1.54, 1.807) is 0 Å². The van der Waals surface area contributed by atoms with Crippen molar-refractivity contribution in [3.05, 3.63) is 34.9 Å². The van der Waals surface area contributed by atoms with Crippen molar-refractivity contribution < 1.29 is 0 Å². The van der Waals surface area contributed by atoms with Gasteiger partial charge in [-0.1, -0.05) is 23.8 Å². The van der Waals surface area contributed by atoms with Crippen LogP contribution in [0.5, 0.6) is 0 Å². The number of benzene rings is 1. The lowest BCUT2D eigenvalue weighted by Crippen LogP contribution is -2.19. The molecule has 0 bridgehead atoms. The molecule has 0 fully saturated rings. The minimum absolute atomic E-state index is 0.246. The zero-order chi connectivity index (χ0) is 10.6. The number of nitrogens with one attached hydrogen (secondary N) is 1. The van der Waals surface area contributed by atoms with Gasteiger partial charge in [-0.15, -0.1) is 0 Å². The summed E-state index contributed by atoms with van der Waals surface area (Å²) in [6.45, 7) is 6.67. The van der Waals surface area contributed by atoms with Crippen LogP contribution in [-0.2, 0) is 0 Å². The van der Waals surface area contributed by atoms with E-state index < -0.39 is 0 Å². The predicted octanol–water partition coefficient (Wildman–Crippen LogP) is 2.48. The molecule has 1 atom stereocenters. The normalized spacial score (nSPS) is 12.1. The number of hydrogen-bond acceptors (Lipinski definition) is 2. The molecule has 0 radical (unpaired) electrons. The molecule has 0 aromatic heterocycles. The largest absolute Gasteiger partial charge is 0.298 e. The van der Waals surface area contributed by atoms with Crippen LogP contribution in [0.1, 0.15) is 29.7 Å². The van der Waals surface area contributed by atoms with Crippen LogP contribution in [0, 0.1) is 25.2 Å². The van der Waals surface area contributed by atoms with Crippen LogP contribution in [0.25, 0.3) is 0 Å². The molecule has 0 spiro atoms. The Morgan fingerprint density at radius 1 is 1.43 bits per heavy atom. The maximum Gasteiger partial charge on any atom is 0.0845 e. The van der Waals surface area contributed by atoms with E-state index in [1.807, 2.05) is 0 Å². The molecule has 2 heteroatoms. The van der Waals surface area contributed by atoms with Crippen LogP contribution in [0.2, 0.25) is 0 Å². The van der Waals surface area contributed by atoms with Gasteiger partial charge in [-0.05, 0) is 31.9 Å². The monoisotopic (exact) mass is 188 g/mol. The maximum atomic E-state index is 8.46. The second kappa shape index (κ2) is 4.78. The van der Waals surface area contributed by atoms with Gasteiger partial charge in [0.1, 0.15) is 0 Å². The number of nitrogens with zero attached hydrogens (tertiary/aromatic N) is 1. The Labute approximate surface area is 85.6 Å². The summed E-state index contributed by atoms with van der Waals surface area (Å²) in [7, 11) is 0. The van der Waals surface area contributed by atoms with Crippen LogP contribution < -0.4 is 5.32 Å². The average Bonchev–Trinajstić information content (AvgIpc) is 2.14. The molecule has 0 aliphatic carbocycles. The first-order valence-corrected chi connectivity index (χ1v) is 4.82. The number of hydrogen-bond donors (Lipinski definition) is 1. The molecule has 1 unspecified atom stereocenters. The molecule has 1 aromatic carbocycles. The molecule has 1 aromatic rings. The van der Waals surface area contributed by atoms with Gasteiger partial charge < -0.3 is 0 Å². The topological polar surface area (TPSA) is 35.8 Å². The van der Waals surface area contributed by atoms with Crippen molar-refractivity contribution in [2.24, 2.45) is 0 Å². The maximum absolute atomic E-state index is 8.46. The van der Waals surface area contributed by atoms with Gasteiger partial charge in [0.2, 0.25) is 0 Å². The second-order valence-electron chi connectivity index (χ2n) is 3.62. The third-order valence-corrected chi connectivity index (χ3v) is 2.38. The standard InChI is InChI=1S/C12H16N2/c1-9-4-5-12(10(2)8-9)11(3)14-7-6-13/h4-5,8,11,14H,7H2,1-3H3. The summed E-state index contributed by atoms with van der Waals surface area (Å²) in [4.78, 5) is 0. The highest BCUT2D eigenvalue weighted by Gasteiger charge is 2.06. The van der Waals surface area contributed by atoms with Gasteiger partial charge in [-0.2, -0.15) is 5.26 Å². The fourth-order valence-electron chi connectivity index (χ4n) is 1.62. The van der Waals surface area contributed by atoms with Gasteiger partial charge in [0.05, 0.1) is 12.6 Å². The summed E-state index contributed by atoms with van der Waals surface area (Å²) < 4.78 is 0. The van der Waals surface area contributed by atoms with E-state index in [4.69, 9.17) is 5.26 Å². The number of rotatable bonds is 3. The minimum Gasteiger partial charge on any atom is -0.298 e. The van der Waals surface area contributed by atoms with Gasteiger partial charge in [-0.3, -0.25) is 5.32 Å². The van der Waals surface area contributed by atoms with Gasteiger partial charge in [0.15, 0.2) is 0 Å². The first kappa shape index (κ1) is 10.7. The molecule has 0 saturated carbocycles. The van der Waals surface area contributed by atoms with Crippen molar-refractivity contribution >= 4 is 0 Å². The summed E-state index contributed by atoms with van der Waals surface area (Å²) in [5.74, 6) is 0. The first-order valence-electron chi connectivity index (χ1n) is 4.82. The Bertz CT molecular complexity index is 350. The molecule has 0 amide bonds. The van der Waals surface area contributed by atoms with E-state index >= 15 is 0 Å². The van der Waals surface area contributed by atoms with Crippen molar-refractivity contribution in [2.45, 2.75) is 26.8 Å². The molecule has 2 nitrogen and oxygen atoms in total. The SMILES string of the molecule is Cc1ccc(C(C)NCC#N)c(C)c1. The van der Waals surface area contributed by atoms with E-state index in [0.717, 1.165) is 0 Å². The van der Waals surface area contributed by atoms with E-state index in [1.165, 1.54) is 16.7 Å². The van der Waals surface area contributed by atoms with Crippen LogP contribution in [0.3, 0.4) is 0 Å². The van der Waals surface area contributed by atoms with Gasteiger partial charge >= 0.3 is 0 Å². The molecule has 0 saturated heterocycles. The quantitative estimate of drug-likeness (QED) is 0.740. The van der Waals surface area contributed by atoms with Crippen LogP contribution in [0.15, 0.2) is 18.2 Å². The summed E-state index contributed by atoms with van der Waals surface area (Å²) in [5, 5.41) is 11.6. The van der Waals surface area contributed by atoms with Crippen LogP contribution >= 0.6 is 0 Å². The Kier molecular flexibility index (Phi) is 3.67. The summed E-state index contributed by atoms with van der Waals surface area (Å²) in [6.07, 6.45) is 0. The molecule has 0 heterocycles. The predicted molar refractivity (Wildman–Crippen MR) is 57.9 cm³/mol. The van der Waals surface area contributed by atoms with Gasteiger partial charge in [-0.25, -0.2) is 0 Å². The van der Waals surface area contributed by atoms with Crippen LogP contribution in [-0.4, -0.2) is 6.54 Å². The Morgan fingerprint density at radius 2 is 2.14 bits per heavy atom. The van der Waals surface area contributed by atoms with E-state index in [-0.39, 0.29) is 6.04 Å². The second-order valence-corrected chi connectivity index (χ2v) is 3.62. The molecule has 0 aliphatic heterocycles. The van der Waals surface area contributed by atoms with E-state index in [2.05, 4.69) is 50.4 Å². The van der Waals surface area contributed by atoms with Gasteiger partial charge in [0.25, 0.3) is 0 Å². The highest BCUT2D eigenvalue weighted by Crippen LogP contribution is 2.17. The molecule has 14 heavy (non-hydrogen) atoms. The lowest BCUT2D eigenvalue weighted by atomic mass is 10.0. The molecular formula is C12H16N2. The minimum atomic E-state index is 0.246. The zero-order valence-electron chi connectivity index (χ0n) is 8.96. The summed E-state index contributed by atoms with van der Waals surface area (Å²) >= 11 is 0. The third kappa shape index (κ3) is 2.58. The summed E-state index contributed by atoms with van der Waals surface area (Å²) in [5.41, 5.74) is 3.83. The molecular weight excluding hydrogens is 172 g/mol. The Hall–Kier alpha value is -1.33. The highest BCUT2D eigenvalue weighted by atomic mass is 14.9. The lowest BCUT2D eigenvalue weighted by Gasteiger charge is -2.15. The average molecular weight is 188 g/mol. The first-order chi connectivity index (χ1) is 6.65. The molecule has 0 aliphatic rings. The number of nitriles is 1. The zero-order valence-corrected chi connectivity index (χ0v) is 8.96. The highest BCUT2D eigenvalue weighted by molar-refractivity contribution is 5.32. The van der Waals surface area contributed by atoms with Gasteiger partial charge in [0, 0.05) is 6.04 Å². The third-order valence-electron chi connectivity index (χ3n) is 2.38. The Morgan fingerprint density at radius 3 is 2.71 bits per heavy atom. The smallest absolute Gasteiger partial charge is 0.0845 e. The Balaban J connectivity index is 2.80. The van der Waals surface area contributed by atoms with E-state index in [0.29, 0.717) is 6.54 Å². The summed E-state index contributed by atoms with van der Waals surface area (Å²) in [6, 6.07) is 8.73. The van der Waals surface area contributed by atoms with E-state index in [9.17, 15) is 0 Å². The molecule has 74 valence electrons. The van der Waals surface area contributed by atoms with Crippen LogP contribution in [0.4, 0.5) is 0 Å². The molecule has 1 rings (SSSR count). The fraction of sp³-hybridized carbons (Fsp3) is 0.417. The van der Waals surface area contributed by atoms with Crippen molar-refractivity contribution in [3.63, 3.8) is 0 Å². The van der Waals surface area contributed by atoms with Crippen molar-refractivity contribution in [1.29, 1.82) is 5.26 Å².